The summed E-state index contributed by atoms with van der Waals surface area (Å²) in [5, 5.41) is 2.34. The molecule has 1 heterocycles. The van der Waals surface area contributed by atoms with E-state index in [2.05, 4.69) is 5.32 Å². The average molecular weight is 511 g/mol. The van der Waals surface area contributed by atoms with Crippen molar-refractivity contribution in [3.8, 4) is 5.75 Å². The number of nitrogens with one attached hydrogen (secondary N) is 1. The molecule has 1 aliphatic rings. The first-order chi connectivity index (χ1) is 14.9. The van der Waals surface area contributed by atoms with E-state index in [-0.39, 0.29) is 40.9 Å². The van der Waals surface area contributed by atoms with E-state index in [1.54, 1.807) is 0 Å². The number of piperidine rings is 1. The van der Waals surface area contributed by atoms with Gasteiger partial charge >= 0.3 is 6.18 Å². The normalized spacial score (nSPS) is 16.1. The van der Waals surface area contributed by atoms with Crippen LogP contribution in [0, 0.1) is 5.92 Å². The number of alkyl halides is 3. The monoisotopic (exact) mass is 510 g/mol. The second-order valence-corrected chi connectivity index (χ2v) is 9.93. The van der Waals surface area contributed by atoms with Gasteiger partial charge in [-0.3, -0.25) is 4.79 Å². The summed E-state index contributed by atoms with van der Waals surface area (Å²) < 4.78 is 71.7. The quantitative estimate of drug-likeness (QED) is 0.609. The van der Waals surface area contributed by atoms with Crippen molar-refractivity contribution < 1.29 is 31.1 Å². The van der Waals surface area contributed by atoms with Gasteiger partial charge in [0.1, 0.15) is 5.75 Å². The maximum Gasteiger partial charge on any atom is 0.418 e. The summed E-state index contributed by atoms with van der Waals surface area (Å²) in [6, 6.07) is 7.19. The minimum Gasteiger partial charge on any atom is -0.495 e. The molecule has 1 saturated heterocycles. The Hall–Kier alpha value is -2.01. The number of carbonyl (C=O) groups is 1. The van der Waals surface area contributed by atoms with Crippen LogP contribution in [0.5, 0.6) is 5.75 Å². The van der Waals surface area contributed by atoms with Crippen LogP contribution in [0.4, 0.5) is 18.9 Å². The van der Waals surface area contributed by atoms with Crippen molar-refractivity contribution in [2.24, 2.45) is 5.92 Å². The number of anilines is 1. The number of halogens is 5. The van der Waals surface area contributed by atoms with E-state index in [1.165, 1.54) is 35.7 Å². The van der Waals surface area contributed by atoms with Crippen molar-refractivity contribution in [3.63, 3.8) is 0 Å². The maximum absolute atomic E-state index is 13.2. The average Bonchev–Trinajstić information content (AvgIpc) is 2.74. The predicted octanol–water partition coefficient (Wildman–Crippen LogP) is 5.06. The van der Waals surface area contributed by atoms with Crippen LogP contribution < -0.4 is 10.1 Å². The van der Waals surface area contributed by atoms with Crippen LogP contribution in [0.15, 0.2) is 41.3 Å². The number of methoxy groups -OCH3 is 1. The number of hydrogen-bond donors (Lipinski definition) is 1. The third-order valence-electron chi connectivity index (χ3n) is 5.13. The summed E-state index contributed by atoms with van der Waals surface area (Å²) in [6.07, 6.45) is -4.38. The van der Waals surface area contributed by atoms with Gasteiger partial charge in [0.05, 0.1) is 28.3 Å². The number of rotatable bonds is 5. The molecule has 1 N–H and O–H groups in total. The lowest BCUT2D eigenvalue weighted by atomic mass is 9.97. The van der Waals surface area contributed by atoms with Gasteiger partial charge in [-0.15, -0.1) is 0 Å². The fraction of sp³-hybridized carbons (Fsp3) is 0.350. The Morgan fingerprint density at radius 2 is 1.78 bits per heavy atom. The zero-order chi connectivity index (χ0) is 23.7. The first-order valence-corrected chi connectivity index (χ1v) is 11.6. The summed E-state index contributed by atoms with van der Waals surface area (Å²) in [5.41, 5.74) is -1.44. The van der Waals surface area contributed by atoms with Gasteiger partial charge in [-0.25, -0.2) is 8.42 Å². The minimum absolute atomic E-state index is 0.0119. The zero-order valence-corrected chi connectivity index (χ0v) is 19.1. The number of carbonyl (C=O) groups excluding carboxylic acids is 1. The molecule has 0 bridgehead atoms. The van der Waals surface area contributed by atoms with E-state index in [0.29, 0.717) is 5.75 Å². The fourth-order valence-electron chi connectivity index (χ4n) is 3.41. The molecule has 2 aromatic carbocycles. The van der Waals surface area contributed by atoms with E-state index in [4.69, 9.17) is 27.9 Å². The Balaban J connectivity index is 1.68. The van der Waals surface area contributed by atoms with Gasteiger partial charge < -0.3 is 10.1 Å². The molecule has 0 radical (unpaired) electrons. The Kier molecular flexibility index (Phi) is 7.28. The number of benzene rings is 2. The van der Waals surface area contributed by atoms with Crippen molar-refractivity contribution in [2.45, 2.75) is 23.9 Å². The highest BCUT2D eigenvalue weighted by atomic mass is 35.5. The van der Waals surface area contributed by atoms with Crippen molar-refractivity contribution in [1.29, 1.82) is 0 Å². The van der Waals surface area contributed by atoms with Gasteiger partial charge in [-0.05, 0) is 49.2 Å². The van der Waals surface area contributed by atoms with Crippen molar-refractivity contribution in [2.75, 3.05) is 25.5 Å². The number of hydrogen-bond acceptors (Lipinski definition) is 4. The van der Waals surface area contributed by atoms with Gasteiger partial charge in [0, 0.05) is 24.0 Å². The number of ether oxygens (including phenoxy) is 1. The van der Waals surface area contributed by atoms with E-state index in [1.807, 2.05) is 0 Å². The number of amides is 1. The molecule has 0 aliphatic carbocycles. The molecule has 0 aromatic heterocycles. The molecule has 174 valence electrons. The van der Waals surface area contributed by atoms with Crippen LogP contribution >= 0.6 is 23.2 Å². The van der Waals surface area contributed by atoms with Crippen LogP contribution in [0.3, 0.4) is 0 Å². The number of sulfonamides is 1. The Bertz CT molecular complexity index is 1120. The minimum atomic E-state index is -4.69. The fourth-order valence-corrected chi connectivity index (χ4v) is 5.40. The molecular formula is C20H19Cl2F3N2O4S. The van der Waals surface area contributed by atoms with Crippen LogP contribution in [-0.2, 0) is 21.0 Å². The van der Waals surface area contributed by atoms with Crippen LogP contribution in [0.2, 0.25) is 10.0 Å². The van der Waals surface area contributed by atoms with E-state index in [0.717, 1.165) is 12.1 Å². The topological polar surface area (TPSA) is 75.7 Å². The second-order valence-electron chi connectivity index (χ2n) is 7.15. The molecule has 1 amide bonds. The van der Waals surface area contributed by atoms with Gasteiger partial charge in [-0.1, -0.05) is 23.2 Å². The molecule has 2 aromatic rings. The highest BCUT2D eigenvalue weighted by Crippen LogP contribution is 2.37. The zero-order valence-electron chi connectivity index (χ0n) is 16.7. The Morgan fingerprint density at radius 3 is 2.34 bits per heavy atom. The van der Waals surface area contributed by atoms with Gasteiger partial charge in [0.2, 0.25) is 15.9 Å². The van der Waals surface area contributed by atoms with Crippen LogP contribution in [-0.4, -0.2) is 38.8 Å². The van der Waals surface area contributed by atoms with Crippen LogP contribution in [0.25, 0.3) is 0 Å². The van der Waals surface area contributed by atoms with Gasteiger partial charge in [0.15, 0.2) is 0 Å². The van der Waals surface area contributed by atoms with Gasteiger partial charge in [0.25, 0.3) is 0 Å². The molecule has 12 heteroatoms. The first-order valence-electron chi connectivity index (χ1n) is 9.45. The first kappa shape index (κ1) is 24.6. The van der Waals surface area contributed by atoms with E-state index in [9.17, 15) is 26.4 Å². The largest absolute Gasteiger partial charge is 0.495 e. The van der Waals surface area contributed by atoms with Crippen molar-refractivity contribution >= 4 is 44.8 Å². The maximum atomic E-state index is 13.2. The smallest absolute Gasteiger partial charge is 0.418 e. The van der Waals surface area contributed by atoms with E-state index >= 15 is 0 Å². The molecule has 0 saturated carbocycles. The lowest BCUT2D eigenvalue weighted by Crippen LogP contribution is -2.41. The van der Waals surface area contributed by atoms with Crippen molar-refractivity contribution in [1.82, 2.24) is 4.31 Å². The molecule has 0 atom stereocenters. The molecule has 0 unspecified atom stereocenters. The number of nitrogens with zero attached hydrogens (tertiary/aromatic N) is 1. The highest BCUT2D eigenvalue weighted by molar-refractivity contribution is 7.89. The second kappa shape index (κ2) is 9.46. The van der Waals surface area contributed by atoms with Crippen molar-refractivity contribution in [3.05, 3.63) is 52.0 Å². The van der Waals surface area contributed by atoms with Gasteiger partial charge in [-0.2, -0.15) is 17.5 Å². The molecule has 1 fully saturated rings. The standard InChI is InChI=1S/C20H19Cl2F3N2O4S/c1-31-18-5-3-14(11-16(18)22)32(29,30)27-8-6-12(7-9-27)19(28)26-17-4-2-13(21)10-15(17)20(23,24)25/h2-5,10-12H,6-9H2,1H3,(H,26,28). The molecule has 6 nitrogen and oxygen atoms in total. The molecule has 32 heavy (non-hydrogen) atoms. The predicted molar refractivity (Wildman–Crippen MR) is 115 cm³/mol. The SMILES string of the molecule is COc1ccc(S(=O)(=O)N2CCC(C(=O)Nc3ccc(Cl)cc3C(F)(F)F)CC2)cc1Cl. The summed E-state index contributed by atoms with van der Waals surface area (Å²) in [7, 11) is -2.44. The molecule has 0 spiro atoms. The Labute approximate surface area is 193 Å². The Morgan fingerprint density at radius 1 is 1.12 bits per heavy atom. The van der Waals surface area contributed by atoms with E-state index < -0.39 is 39.3 Å². The summed E-state index contributed by atoms with van der Waals surface area (Å²) in [6.45, 7) is 0.0770. The summed E-state index contributed by atoms with van der Waals surface area (Å²) >= 11 is 11.7. The third-order valence-corrected chi connectivity index (χ3v) is 7.56. The molecular weight excluding hydrogens is 492 g/mol. The lowest BCUT2D eigenvalue weighted by molar-refractivity contribution is -0.137. The molecule has 1 aliphatic heterocycles. The summed E-state index contributed by atoms with van der Waals surface area (Å²) in [5.74, 6) is -0.915. The molecule has 3 rings (SSSR count). The highest BCUT2D eigenvalue weighted by Gasteiger charge is 2.36. The third kappa shape index (κ3) is 5.31. The lowest BCUT2D eigenvalue weighted by Gasteiger charge is -2.30. The van der Waals surface area contributed by atoms with Crippen LogP contribution in [0.1, 0.15) is 18.4 Å². The summed E-state index contributed by atoms with van der Waals surface area (Å²) in [4.78, 5) is 12.6.